The Morgan fingerprint density at radius 1 is 1.00 bits per heavy atom. The fourth-order valence-electron chi connectivity index (χ4n) is 3.75. The standard InChI is InChI=1S/C24H23N7S/c1-31-12-9-19(30-31)17-14-32-23-21(17)28-24(16-7-10-27-11-8-16)29-22(23)20(26)18(25)13-15-5-3-2-4-6-15/h2-12,14,18,20H,13,25-26H2,1H3. The fraction of sp³-hybridized carbons (Fsp3) is 0.167. The van der Waals surface area contributed by atoms with Crippen molar-refractivity contribution in [2.75, 3.05) is 0 Å². The van der Waals surface area contributed by atoms with Gasteiger partial charge in [-0.3, -0.25) is 9.67 Å². The number of nitrogens with two attached hydrogens (primary N) is 2. The molecule has 0 radical (unpaired) electrons. The molecule has 0 amide bonds. The first-order valence-electron chi connectivity index (χ1n) is 10.3. The average molecular weight is 442 g/mol. The molecule has 2 unspecified atom stereocenters. The molecule has 5 rings (SSSR count). The molecule has 0 aliphatic heterocycles. The van der Waals surface area contributed by atoms with E-state index in [4.69, 9.17) is 21.4 Å². The highest BCUT2D eigenvalue weighted by molar-refractivity contribution is 7.17. The van der Waals surface area contributed by atoms with E-state index in [9.17, 15) is 0 Å². The Morgan fingerprint density at radius 3 is 2.50 bits per heavy atom. The van der Waals surface area contributed by atoms with Gasteiger partial charge in [-0.1, -0.05) is 30.3 Å². The van der Waals surface area contributed by atoms with E-state index in [-0.39, 0.29) is 6.04 Å². The van der Waals surface area contributed by atoms with Crippen LogP contribution in [0.3, 0.4) is 0 Å². The van der Waals surface area contributed by atoms with E-state index in [0.29, 0.717) is 12.2 Å². The molecule has 4 heterocycles. The summed E-state index contributed by atoms with van der Waals surface area (Å²) in [4.78, 5) is 13.9. The smallest absolute Gasteiger partial charge is 0.160 e. The predicted molar refractivity (Wildman–Crippen MR) is 128 cm³/mol. The summed E-state index contributed by atoms with van der Waals surface area (Å²) in [5.74, 6) is 0.604. The minimum Gasteiger partial charge on any atom is -0.326 e. The molecule has 0 bridgehead atoms. The van der Waals surface area contributed by atoms with E-state index in [1.165, 1.54) is 0 Å². The number of fused-ring (bicyclic) bond motifs is 1. The monoisotopic (exact) mass is 441 g/mol. The van der Waals surface area contributed by atoms with Crippen LogP contribution in [0.1, 0.15) is 17.3 Å². The maximum Gasteiger partial charge on any atom is 0.160 e. The summed E-state index contributed by atoms with van der Waals surface area (Å²) >= 11 is 1.58. The molecule has 0 saturated carbocycles. The molecule has 0 spiro atoms. The van der Waals surface area contributed by atoms with Crippen LogP contribution in [0.15, 0.2) is 72.5 Å². The second-order valence-corrected chi connectivity index (χ2v) is 8.63. The number of aryl methyl sites for hydroxylation is 1. The molecule has 2 atom stereocenters. The minimum absolute atomic E-state index is 0.291. The molecule has 160 valence electrons. The largest absolute Gasteiger partial charge is 0.326 e. The number of hydrogen-bond donors (Lipinski definition) is 2. The maximum atomic E-state index is 6.71. The molecule has 5 aromatic rings. The van der Waals surface area contributed by atoms with Crippen LogP contribution in [0.2, 0.25) is 0 Å². The van der Waals surface area contributed by atoms with Gasteiger partial charge in [0, 0.05) is 48.2 Å². The molecule has 0 aliphatic rings. The number of rotatable bonds is 6. The second kappa shape index (κ2) is 8.58. The predicted octanol–water partition coefficient (Wildman–Crippen LogP) is 3.72. The van der Waals surface area contributed by atoms with Crippen molar-refractivity contribution < 1.29 is 0 Å². The third kappa shape index (κ3) is 3.91. The summed E-state index contributed by atoms with van der Waals surface area (Å²) < 4.78 is 2.73. The molecule has 0 fully saturated rings. The zero-order chi connectivity index (χ0) is 22.1. The SMILES string of the molecule is Cn1ccc(-c2csc3c(C(N)C(N)Cc4ccccc4)nc(-c4ccncc4)nc23)n1. The summed E-state index contributed by atoms with van der Waals surface area (Å²) in [7, 11) is 1.90. The number of thiophene rings is 1. The summed E-state index contributed by atoms with van der Waals surface area (Å²) in [5, 5.41) is 6.63. The van der Waals surface area contributed by atoms with Gasteiger partial charge in [-0.25, -0.2) is 9.97 Å². The average Bonchev–Trinajstić information content (AvgIpc) is 3.45. The number of benzene rings is 1. The molecule has 1 aromatic carbocycles. The van der Waals surface area contributed by atoms with Gasteiger partial charge in [0.1, 0.15) is 0 Å². The highest BCUT2D eigenvalue weighted by atomic mass is 32.1. The van der Waals surface area contributed by atoms with Gasteiger partial charge in [0.25, 0.3) is 0 Å². The Labute approximate surface area is 189 Å². The molecule has 32 heavy (non-hydrogen) atoms. The van der Waals surface area contributed by atoms with Gasteiger partial charge in [-0.05, 0) is 30.2 Å². The van der Waals surface area contributed by atoms with Gasteiger partial charge in [-0.2, -0.15) is 5.10 Å². The highest BCUT2D eigenvalue weighted by Gasteiger charge is 2.24. The van der Waals surface area contributed by atoms with E-state index in [1.54, 1.807) is 28.4 Å². The van der Waals surface area contributed by atoms with Crippen molar-refractivity contribution in [2.45, 2.75) is 18.5 Å². The van der Waals surface area contributed by atoms with Gasteiger partial charge in [0.15, 0.2) is 5.82 Å². The van der Waals surface area contributed by atoms with Crippen LogP contribution in [-0.2, 0) is 13.5 Å². The topological polar surface area (TPSA) is 109 Å². The zero-order valence-electron chi connectivity index (χ0n) is 17.6. The minimum atomic E-state index is -0.448. The van der Waals surface area contributed by atoms with Crippen molar-refractivity contribution in [3.63, 3.8) is 0 Å². The third-order valence-electron chi connectivity index (χ3n) is 5.46. The number of nitrogens with zero attached hydrogens (tertiary/aromatic N) is 5. The lowest BCUT2D eigenvalue weighted by molar-refractivity contribution is 0.537. The van der Waals surface area contributed by atoms with E-state index in [1.807, 2.05) is 49.6 Å². The van der Waals surface area contributed by atoms with Gasteiger partial charge in [-0.15, -0.1) is 11.3 Å². The van der Waals surface area contributed by atoms with Crippen LogP contribution >= 0.6 is 11.3 Å². The van der Waals surface area contributed by atoms with E-state index >= 15 is 0 Å². The fourth-order valence-corrected chi connectivity index (χ4v) is 4.79. The first-order valence-corrected chi connectivity index (χ1v) is 11.2. The summed E-state index contributed by atoms with van der Waals surface area (Å²) in [5.41, 5.74) is 18.8. The number of aromatic nitrogens is 5. The first-order chi connectivity index (χ1) is 15.6. The Hall–Kier alpha value is -3.46. The van der Waals surface area contributed by atoms with E-state index in [2.05, 4.69) is 27.6 Å². The summed E-state index contributed by atoms with van der Waals surface area (Å²) in [6, 6.07) is 15.2. The second-order valence-electron chi connectivity index (χ2n) is 7.75. The highest BCUT2D eigenvalue weighted by Crippen LogP contribution is 2.37. The van der Waals surface area contributed by atoms with Crippen molar-refractivity contribution in [1.82, 2.24) is 24.7 Å². The normalized spacial score (nSPS) is 13.3. The lowest BCUT2D eigenvalue weighted by Gasteiger charge is -2.20. The Morgan fingerprint density at radius 2 is 1.78 bits per heavy atom. The van der Waals surface area contributed by atoms with Gasteiger partial charge < -0.3 is 11.5 Å². The number of hydrogen-bond acceptors (Lipinski definition) is 7. The maximum absolute atomic E-state index is 6.71. The van der Waals surface area contributed by atoms with Crippen molar-refractivity contribution in [3.05, 3.63) is 83.8 Å². The lowest BCUT2D eigenvalue weighted by Crippen LogP contribution is -2.36. The molecule has 4 N–H and O–H groups in total. The quantitative estimate of drug-likeness (QED) is 0.416. The van der Waals surface area contributed by atoms with Crippen LogP contribution in [-0.4, -0.2) is 30.8 Å². The van der Waals surface area contributed by atoms with Gasteiger partial charge >= 0.3 is 0 Å². The van der Waals surface area contributed by atoms with Crippen LogP contribution in [0.4, 0.5) is 0 Å². The molecule has 7 nitrogen and oxygen atoms in total. The van der Waals surface area contributed by atoms with Gasteiger partial charge in [0.05, 0.1) is 27.6 Å². The van der Waals surface area contributed by atoms with E-state index < -0.39 is 6.04 Å². The molecule has 4 aromatic heterocycles. The van der Waals surface area contributed by atoms with Crippen molar-refractivity contribution >= 4 is 21.6 Å². The summed E-state index contributed by atoms with van der Waals surface area (Å²) in [6.45, 7) is 0. The Balaban J connectivity index is 1.63. The van der Waals surface area contributed by atoms with Crippen LogP contribution < -0.4 is 11.5 Å². The summed E-state index contributed by atoms with van der Waals surface area (Å²) in [6.07, 6.45) is 6.05. The van der Waals surface area contributed by atoms with E-state index in [0.717, 1.165) is 38.3 Å². The van der Waals surface area contributed by atoms with Crippen LogP contribution in [0, 0.1) is 0 Å². The molecule has 0 aliphatic carbocycles. The van der Waals surface area contributed by atoms with Crippen molar-refractivity contribution in [3.8, 4) is 22.6 Å². The number of pyridine rings is 1. The molecular weight excluding hydrogens is 418 g/mol. The Bertz CT molecular complexity index is 1350. The molecule has 8 heteroatoms. The third-order valence-corrected chi connectivity index (χ3v) is 6.45. The van der Waals surface area contributed by atoms with Gasteiger partial charge in [0.2, 0.25) is 0 Å². The lowest BCUT2D eigenvalue weighted by atomic mass is 9.98. The zero-order valence-corrected chi connectivity index (χ0v) is 18.4. The first kappa shape index (κ1) is 20.4. The molecular formula is C24H23N7S. The van der Waals surface area contributed by atoms with Crippen LogP contribution in [0.25, 0.3) is 32.9 Å². The van der Waals surface area contributed by atoms with Crippen LogP contribution in [0.5, 0.6) is 0 Å². The van der Waals surface area contributed by atoms with Crippen molar-refractivity contribution in [1.29, 1.82) is 0 Å². The Kier molecular flexibility index (Phi) is 5.48. The molecule has 0 saturated heterocycles. The van der Waals surface area contributed by atoms with Crippen molar-refractivity contribution in [2.24, 2.45) is 18.5 Å².